The van der Waals surface area contributed by atoms with Gasteiger partial charge in [0, 0.05) is 26.8 Å². The molecule has 0 spiro atoms. The predicted octanol–water partition coefficient (Wildman–Crippen LogP) is 4.85. The molecule has 4 aromatic rings. The molecule has 4 rings (SSSR count). The number of rotatable bonds is 4. The maximum atomic E-state index is 12.2. The van der Waals surface area contributed by atoms with E-state index in [2.05, 4.69) is 20.0 Å². The third-order valence-electron chi connectivity index (χ3n) is 4.51. The minimum absolute atomic E-state index is 0.0693. The zero-order chi connectivity index (χ0) is 19.7. The first kappa shape index (κ1) is 17.4. The van der Waals surface area contributed by atoms with Gasteiger partial charge in [-0.1, -0.05) is 18.2 Å². The van der Waals surface area contributed by atoms with E-state index in [0.717, 1.165) is 27.4 Å². The number of azide groups is 1. The number of fused-ring (bicyclic) bond motifs is 3. The molecule has 138 valence electrons. The second kappa shape index (κ2) is 6.94. The van der Waals surface area contributed by atoms with E-state index in [-0.39, 0.29) is 5.69 Å². The Morgan fingerprint density at radius 2 is 1.86 bits per heavy atom. The summed E-state index contributed by atoms with van der Waals surface area (Å²) in [5.74, 6) is 0.384. The number of benzene rings is 2. The lowest BCUT2D eigenvalue weighted by Gasteiger charge is -2.10. The predicted molar refractivity (Wildman–Crippen MR) is 106 cm³/mol. The molecule has 0 aliphatic carbocycles. The van der Waals surface area contributed by atoms with Crippen LogP contribution in [0.4, 0.5) is 0 Å². The highest BCUT2D eigenvalue weighted by Gasteiger charge is 2.17. The van der Waals surface area contributed by atoms with Gasteiger partial charge in [0.2, 0.25) is 0 Å². The Morgan fingerprint density at radius 3 is 2.61 bits per heavy atom. The average Bonchev–Trinajstić information content (AvgIpc) is 3.11. The molecule has 8 nitrogen and oxygen atoms in total. The molecule has 0 fully saturated rings. The number of aromatic nitrogens is 2. The molecular weight excluding hydrogens is 358 g/mol. The Morgan fingerprint density at radius 1 is 1.07 bits per heavy atom. The van der Waals surface area contributed by atoms with Gasteiger partial charge in [-0.2, -0.15) is 0 Å². The van der Waals surface area contributed by atoms with Crippen LogP contribution >= 0.6 is 0 Å². The minimum Gasteiger partial charge on any atom is -0.493 e. The van der Waals surface area contributed by atoms with Crippen LogP contribution < -0.4 is 9.47 Å². The molecule has 2 heterocycles. The Bertz CT molecular complexity index is 1270. The van der Waals surface area contributed by atoms with Crippen LogP contribution in [0.2, 0.25) is 0 Å². The van der Waals surface area contributed by atoms with E-state index in [0.29, 0.717) is 17.2 Å². The van der Waals surface area contributed by atoms with Gasteiger partial charge >= 0.3 is 0 Å². The first-order chi connectivity index (χ1) is 13.7. The normalized spacial score (nSPS) is 10.6. The fraction of sp³-hybridized carbons (Fsp3) is 0.100. The van der Waals surface area contributed by atoms with E-state index in [9.17, 15) is 4.79 Å². The molecular formula is C20H15N5O3. The number of carbonyl (C=O) groups excluding carboxylic acids is 1. The number of pyridine rings is 1. The number of amides is 1. The first-order valence-corrected chi connectivity index (χ1v) is 8.39. The Labute approximate surface area is 159 Å². The van der Waals surface area contributed by atoms with Gasteiger partial charge in [0.05, 0.1) is 25.4 Å². The highest BCUT2D eigenvalue weighted by atomic mass is 16.5. The van der Waals surface area contributed by atoms with Gasteiger partial charge in [-0.25, -0.2) is 4.98 Å². The fourth-order valence-electron chi connectivity index (χ4n) is 3.24. The summed E-state index contributed by atoms with van der Waals surface area (Å²) >= 11 is 0. The quantitative estimate of drug-likeness (QED) is 0.313. The van der Waals surface area contributed by atoms with Crippen molar-refractivity contribution in [1.82, 2.24) is 9.97 Å². The average molecular weight is 373 g/mol. The van der Waals surface area contributed by atoms with Crippen molar-refractivity contribution >= 4 is 27.7 Å². The van der Waals surface area contributed by atoms with Gasteiger partial charge in [-0.3, -0.25) is 4.79 Å². The van der Waals surface area contributed by atoms with Gasteiger partial charge in [0.15, 0.2) is 11.5 Å². The maximum Gasteiger partial charge on any atom is 0.267 e. The summed E-state index contributed by atoms with van der Waals surface area (Å²) in [7, 11) is 3.11. The summed E-state index contributed by atoms with van der Waals surface area (Å²) in [6.07, 6.45) is 0. The Balaban J connectivity index is 2.06. The number of hydrogen-bond acceptors (Lipinski definition) is 4. The standard InChI is InChI=1S/C20H15N5O3/c1-27-16-8-7-11(9-17(16)28-2)18-19-13(10-15(23-18)20(26)24-25-21)12-5-3-4-6-14(12)22-19/h3-10,22H,1-2H3. The third-order valence-corrected chi connectivity index (χ3v) is 4.51. The van der Waals surface area contributed by atoms with Gasteiger partial charge in [0.1, 0.15) is 5.69 Å². The second-order valence-corrected chi connectivity index (χ2v) is 6.01. The lowest BCUT2D eigenvalue weighted by Crippen LogP contribution is -2.00. The van der Waals surface area contributed by atoms with Crippen molar-refractivity contribution in [1.29, 1.82) is 0 Å². The van der Waals surface area contributed by atoms with Gasteiger partial charge in [0.25, 0.3) is 5.91 Å². The zero-order valence-electron chi connectivity index (χ0n) is 15.1. The molecule has 0 unspecified atom stereocenters. The van der Waals surface area contributed by atoms with Crippen LogP contribution in [0.15, 0.2) is 53.6 Å². The van der Waals surface area contributed by atoms with E-state index in [4.69, 9.17) is 15.0 Å². The molecule has 1 amide bonds. The third kappa shape index (κ3) is 2.78. The maximum absolute atomic E-state index is 12.2. The number of nitrogens with one attached hydrogen (secondary N) is 1. The SMILES string of the molecule is COc1ccc(-c2nc(C(=O)N=[N+]=[N-])cc3c2[nH]c2ccccc23)cc1OC. The van der Waals surface area contributed by atoms with Crippen molar-refractivity contribution in [2.24, 2.45) is 5.11 Å². The van der Waals surface area contributed by atoms with Crippen molar-refractivity contribution < 1.29 is 14.3 Å². The topological polar surface area (TPSA) is 113 Å². The van der Waals surface area contributed by atoms with Crippen LogP contribution in [0.3, 0.4) is 0 Å². The monoisotopic (exact) mass is 373 g/mol. The molecule has 0 bridgehead atoms. The van der Waals surface area contributed by atoms with Crippen LogP contribution in [0.25, 0.3) is 43.5 Å². The molecule has 8 heteroatoms. The van der Waals surface area contributed by atoms with E-state index < -0.39 is 5.91 Å². The summed E-state index contributed by atoms with van der Waals surface area (Å²) in [4.78, 5) is 22.6. The van der Waals surface area contributed by atoms with Crippen molar-refractivity contribution in [3.8, 4) is 22.8 Å². The molecule has 0 saturated heterocycles. The second-order valence-electron chi connectivity index (χ2n) is 6.01. The van der Waals surface area contributed by atoms with Crippen molar-refractivity contribution in [2.45, 2.75) is 0 Å². The van der Waals surface area contributed by atoms with E-state index in [1.54, 1.807) is 32.4 Å². The first-order valence-electron chi connectivity index (χ1n) is 8.39. The molecule has 2 aromatic heterocycles. The fourth-order valence-corrected chi connectivity index (χ4v) is 3.24. The Hall–Kier alpha value is -4.03. The number of carbonyl (C=O) groups is 1. The van der Waals surface area contributed by atoms with E-state index >= 15 is 0 Å². The van der Waals surface area contributed by atoms with Crippen LogP contribution in [0, 0.1) is 0 Å². The van der Waals surface area contributed by atoms with E-state index in [1.807, 2.05) is 30.3 Å². The summed E-state index contributed by atoms with van der Waals surface area (Å²) < 4.78 is 10.7. The van der Waals surface area contributed by atoms with Gasteiger partial charge in [-0.15, -0.1) is 0 Å². The molecule has 0 atom stereocenters. The van der Waals surface area contributed by atoms with Crippen LogP contribution in [0.5, 0.6) is 11.5 Å². The molecule has 0 aliphatic rings. The largest absolute Gasteiger partial charge is 0.493 e. The number of methoxy groups -OCH3 is 2. The molecule has 0 aliphatic heterocycles. The lowest BCUT2D eigenvalue weighted by atomic mass is 10.1. The molecule has 28 heavy (non-hydrogen) atoms. The number of nitrogens with zero attached hydrogens (tertiary/aromatic N) is 4. The van der Waals surface area contributed by atoms with Crippen LogP contribution in [-0.2, 0) is 0 Å². The molecule has 0 saturated carbocycles. The minimum atomic E-state index is -0.739. The number of ether oxygens (including phenoxy) is 2. The summed E-state index contributed by atoms with van der Waals surface area (Å²) in [5, 5.41) is 4.94. The smallest absolute Gasteiger partial charge is 0.267 e. The van der Waals surface area contributed by atoms with Gasteiger partial charge in [-0.05, 0) is 41.0 Å². The number of H-pyrrole nitrogens is 1. The molecule has 0 radical (unpaired) electrons. The highest BCUT2D eigenvalue weighted by Crippen LogP contribution is 2.36. The Kier molecular flexibility index (Phi) is 4.31. The number of aromatic amines is 1. The van der Waals surface area contributed by atoms with Crippen molar-refractivity contribution in [2.75, 3.05) is 14.2 Å². The van der Waals surface area contributed by atoms with Crippen molar-refractivity contribution in [3.63, 3.8) is 0 Å². The van der Waals surface area contributed by atoms with Crippen LogP contribution in [0.1, 0.15) is 10.5 Å². The molecule has 1 N–H and O–H groups in total. The summed E-state index contributed by atoms with van der Waals surface area (Å²) in [6, 6.07) is 14.8. The number of para-hydroxylation sites is 1. The number of hydrogen-bond donors (Lipinski definition) is 1. The lowest BCUT2D eigenvalue weighted by molar-refractivity contribution is 0.0996. The molecule has 2 aromatic carbocycles. The highest BCUT2D eigenvalue weighted by molar-refractivity contribution is 6.13. The van der Waals surface area contributed by atoms with Crippen molar-refractivity contribution in [3.05, 3.63) is 64.7 Å². The van der Waals surface area contributed by atoms with E-state index in [1.165, 1.54) is 0 Å². The summed E-state index contributed by atoms with van der Waals surface area (Å²) in [6.45, 7) is 0. The van der Waals surface area contributed by atoms with Gasteiger partial charge < -0.3 is 14.5 Å². The summed E-state index contributed by atoms with van der Waals surface area (Å²) in [5.41, 5.74) is 11.7. The zero-order valence-corrected chi connectivity index (χ0v) is 15.1. The van der Waals surface area contributed by atoms with Crippen LogP contribution in [-0.4, -0.2) is 30.1 Å².